The summed E-state index contributed by atoms with van der Waals surface area (Å²) in [6.45, 7) is -0.0252. The van der Waals surface area contributed by atoms with E-state index in [1.165, 1.54) is 23.1 Å². The molecule has 3 aromatic heterocycles. The second-order valence-electron chi connectivity index (χ2n) is 7.71. The topological polar surface area (TPSA) is 108 Å². The quantitative estimate of drug-likeness (QED) is 0.386. The second-order valence-corrected chi connectivity index (χ2v) is 7.71. The zero-order valence-electron chi connectivity index (χ0n) is 17.6. The molecule has 1 atom stereocenters. The van der Waals surface area contributed by atoms with Crippen molar-refractivity contribution in [1.82, 2.24) is 24.9 Å². The van der Waals surface area contributed by atoms with Crippen LogP contribution in [0.2, 0.25) is 0 Å². The summed E-state index contributed by atoms with van der Waals surface area (Å²) in [5.74, 6) is -1.96. The summed E-state index contributed by atoms with van der Waals surface area (Å²) in [5, 5.41) is 10.5. The lowest BCUT2D eigenvalue weighted by atomic mass is 10.0. The lowest BCUT2D eigenvalue weighted by molar-refractivity contribution is -0.176. The fourth-order valence-electron chi connectivity index (χ4n) is 2.97. The van der Waals surface area contributed by atoms with Crippen molar-refractivity contribution in [1.29, 1.82) is 0 Å². The van der Waals surface area contributed by atoms with Crippen molar-refractivity contribution in [3.05, 3.63) is 66.1 Å². The maximum atomic E-state index is 14.2. The van der Waals surface area contributed by atoms with Crippen molar-refractivity contribution in [3.8, 4) is 22.9 Å². The van der Waals surface area contributed by atoms with Crippen LogP contribution < -0.4 is 11.1 Å². The average Bonchev–Trinajstić information content (AvgIpc) is 3.44. The summed E-state index contributed by atoms with van der Waals surface area (Å²) in [7, 11) is 0. The van der Waals surface area contributed by atoms with Crippen molar-refractivity contribution < 1.29 is 26.5 Å². The molecule has 0 spiro atoms. The smallest absolute Gasteiger partial charge is 0.365 e. The summed E-state index contributed by atoms with van der Waals surface area (Å²) in [4.78, 5) is 7.86. The second kappa shape index (κ2) is 8.82. The first-order valence-electron chi connectivity index (χ1n) is 9.89. The first-order chi connectivity index (χ1) is 16.0. The number of rotatable bonds is 7. The molecule has 13 heteroatoms. The molecule has 3 heterocycles. The van der Waals surface area contributed by atoms with Crippen LogP contribution in [-0.4, -0.2) is 43.2 Å². The zero-order valence-corrected chi connectivity index (χ0v) is 17.6. The normalized spacial score (nSPS) is 13.6. The highest BCUT2D eigenvalue weighted by Crippen LogP contribution is 2.29. The number of nitrogens with two attached hydrogens (primary N) is 1. The summed E-state index contributed by atoms with van der Waals surface area (Å²) in [6.07, 6.45) is -2.57. The Morgan fingerprint density at radius 3 is 2.53 bits per heavy atom. The average molecular weight is 479 g/mol. The van der Waals surface area contributed by atoms with Crippen molar-refractivity contribution in [2.75, 3.05) is 11.9 Å². The number of hydrogen-bond acceptors (Lipinski definition) is 7. The number of nitrogens with zero attached hydrogens (tertiary/aromatic N) is 5. The molecule has 8 nitrogen and oxygen atoms in total. The number of hydrogen-bond donors (Lipinski definition) is 2. The van der Waals surface area contributed by atoms with E-state index in [-0.39, 0.29) is 18.1 Å². The molecule has 4 aromatic rings. The Morgan fingerprint density at radius 2 is 1.85 bits per heavy atom. The Hall–Kier alpha value is -3.87. The molecule has 0 radical (unpaired) electrons. The van der Waals surface area contributed by atoms with E-state index >= 15 is 0 Å². The van der Waals surface area contributed by atoms with E-state index in [0.29, 0.717) is 17.0 Å². The lowest BCUT2D eigenvalue weighted by Crippen LogP contribution is -2.55. The number of benzene rings is 1. The van der Waals surface area contributed by atoms with Gasteiger partial charge in [-0.25, -0.2) is 18.7 Å². The number of alkyl halides is 3. The molecule has 0 aliphatic rings. The first kappa shape index (κ1) is 23.3. The summed E-state index contributed by atoms with van der Waals surface area (Å²) in [5.41, 5.74) is 3.99. The van der Waals surface area contributed by atoms with Crippen LogP contribution >= 0.6 is 0 Å². The lowest BCUT2D eigenvalue weighted by Gasteiger charge is -2.27. The van der Waals surface area contributed by atoms with Gasteiger partial charge in [0.25, 0.3) is 0 Å². The third-order valence-electron chi connectivity index (χ3n) is 5.00. The fraction of sp³-hybridized carbons (Fsp3) is 0.238. The summed E-state index contributed by atoms with van der Waals surface area (Å²) >= 11 is 0. The number of aromatic nitrogens is 5. The van der Waals surface area contributed by atoms with Crippen LogP contribution in [0, 0.1) is 11.6 Å². The van der Waals surface area contributed by atoms with Gasteiger partial charge < -0.3 is 15.6 Å². The van der Waals surface area contributed by atoms with Crippen LogP contribution in [0.4, 0.5) is 27.8 Å². The van der Waals surface area contributed by atoms with E-state index in [1.54, 1.807) is 24.3 Å². The fourth-order valence-corrected chi connectivity index (χ4v) is 2.97. The third-order valence-corrected chi connectivity index (χ3v) is 5.00. The predicted octanol–water partition coefficient (Wildman–Crippen LogP) is 4.01. The van der Waals surface area contributed by atoms with Gasteiger partial charge in [0, 0.05) is 18.2 Å². The predicted molar refractivity (Wildman–Crippen MR) is 111 cm³/mol. The van der Waals surface area contributed by atoms with Crippen molar-refractivity contribution in [3.63, 3.8) is 0 Å². The first-order valence-corrected chi connectivity index (χ1v) is 9.89. The Balaban J connectivity index is 1.68. The number of anilines is 1. The highest BCUT2D eigenvalue weighted by atomic mass is 19.4. The van der Waals surface area contributed by atoms with Crippen LogP contribution in [0.25, 0.3) is 22.9 Å². The largest absolute Gasteiger partial charge is 0.407 e. The van der Waals surface area contributed by atoms with Gasteiger partial charge in [0.1, 0.15) is 29.0 Å². The molecule has 4 rings (SSSR count). The Bertz CT molecular complexity index is 1290. The summed E-state index contributed by atoms with van der Waals surface area (Å²) in [6, 6.07) is 9.21. The number of nitrogens with one attached hydrogen (secondary N) is 1. The molecule has 3 N–H and O–H groups in total. The van der Waals surface area contributed by atoms with Gasteiger partial charge in [-0.3, -0.25) is 4.68 Å². The molecule has 178 valence electrons. The maximum absolute atomic E-state index is 14.2. The Morgan fingerprint density at radius 1 is 1.09 bits per heavy atom. The van der Waals surface area contributed by atoms with Gasteiger partial charge in [0.2, 0.25) is 0 Å². The van der Waals surface area contributed by atoms with E-state index < -0.39 is 35.7 Å². The van der Waals surface area contributed by atoms with Crippen LogP contribution in [0.15, 0.2) is 53.4 Å². The molecule has 0 saturated carbocycles. The monoisotopic (exact) mass is 479 g/mol. The molecule has 1 aromatic carbocycles. The zero-order chi connectivity index (χ0) is 24.5. The van der Waals surface area contributed by atoms with Gasteiger partial charge in [-0.05, 0) is 19.1 Å². The van der Waals surface area contributed by atoms with E-state index in [1.807, 2.05) is 0 Å². The SMILES string of the molecule is C[C@@](N)(CNc1nc(-c2cc(-c3ccon3)n(Cc3ccccc3F)n2)ncc1F)C(F)(F)F. The van der Waals surface area contributed by atoms with Gasteiger partial charge in [0.15, 0.2) is 17.5 Å². The van der Waals surface area contributed by atoms with Gasteiger partial charge in [-0.1, -0.05) is 23.4 Å². The van der Waals surface area contributed by atoms with Crippen LogP contribution in [-0.2, 0) is 6.54 Å². The Kier molecular flexibility index (Phi) is 6.04. The summed E-state index contributed by atoms with van der Waals surface area (Å²) < 4.78 is 73.8. The van der Waals surface area contributed by atoms with E-state index in [9.17, 15) is 22.0 Å². The molecule has 0 saturated heterocycles. The minimum absolute atomic E-state index is 0.0261. The van der Waals surface area contributed by atoms with Gasteiger partial charge in [-0.15, -0.1) is 0 Å². The maximum Gasteiger partial charge on any atom is 0.407 e. The van der Waals surface area contributed by atoms with Gasteiger partial charge in [0.05, 0.1) is 18.4 Å². The molecule has 0 aliphatic carbocycles. The van der Waals surface area contributed by atoms with Crippen molar-refractivity contribution >= 4 is 5.82 Å². The molecular formula is C21H18F5N7O. The van der Waals surface area contributed by atoms with Gasteiger partial charge in [-0.2, -0.15) is 18.3 Å². The molecule has 0 fully saturated rings. The van der Waals surface area contributed by atoms with Crippen LogP contribution in [0.5, 0.6) is 0 Å². The molecule has 0 unspecified atom stereocenters. The van der Waals surface area contributed by atoms with Crippen LogP contribution in [0.3, 0.4) is 0 Å². The highest BCUT2D eigenvalue weighted by molar-refractivity contribution is 5.63. The minimum Gasteiger partial charge on any atom is -0.365 e. The molecule has 34 heavy (non-hydrogen) atoms. The molecular weight excluding hydrogens is 461 g/mol. The van der Waals surface area contributed by atoms with Crippen molar-refractivity contribution in [2.45, 2.75) is 25.2 Å². The highest BCUT2D eigenvalue weighted by Gasteiger charge is 2.48. The van der Waals surface area contributed by atoms with Crippen molar-refractivity contribution in [2.24, 2.45) is 5.73 Å². The number of halogens is 5. The van der Waals surface area contributed by atoms with Gasteiger partial charge >= 0.3 is 6.18 Å². The third kappa shape index (κ3) is 4.73. The standard InChI is InChI=1S/C21H18F5N7O/c1-20(27,21(24,25)26)11-29-18-14(23)9-28-19(30-18)16-8-17(15-6-7-34-32-15)33(31-16)10-12-4-2-3-5-13(12)22/h2-9H,10-11,27H2,1H3,(H,28,29,30)/t20-/m1/s1. The van der Waals surface area contributed by atoms with Crippen LogP contribution in [0.1, 0.15) is 12.5 Å². The van der Waals surface area contributed by atoms with E-state index in [4.69, 9.17) is 10.3 Å². The Labute approximate surface area is 189 Å². The van der Waals surface area contributed by atoms with E-state index in [0.717, 1.165) is 13.1 Å². The minimum atomic E-state index is -4.72. The molecule has 0 amide bonds. The molecule has 0 bridgehead atoms. The molecule has 0 aliphatic heterocycles. The van der Waals surface area contributed by atoms with E-state index in [2.05, 4.69) is 25.5 Å².